The molecule has 0 radical (unpaired) electrons. The molecule has 4 nitrogen and oxygen atoms in total. The Labute approximate surface area is 135 Å². The fourth-order valence-electron chi connectivity index (χ4n) is 2.39. The molecule has 6 heteroatoms. The van der Waals surface area contributed by atoms with Gasteiger partial charge < -0.3 is 4.90 Å². The maximum atomic E-state index is 12.1. The topological polar surface area (TPSA) is 49.4 Å². The van der Waals surface area contributed by atoms with E-state index in [1.807, 2.05) is 12.1 Å². The minimum atomic E-state index is -3.35. The average molecular weight is 408 g/mol. The lowest BCUT2D eigenvalue weighted by molar-refractivity contribution is 0.227. The molecule has 1 saturated heterocycles. The molecule has 1 N–H and O–H groups in total. The lowest BCUT2D eigenvalue weighted by Crippen LogP contribution is -2.33. The van der Waals surface area contributed by atoms with E-state index in [2.05, 4.69) is 32.2 Å². The number of hydrogen-bond donors (Lipinski definition) is 1. The molecule has 0 aliphatic carbocycles. The lowest BCUT2D eigenvalue weighted by atomic mass is 10.1. The van der Waals surface area contributed by atoms with Gasteiger partial charge in [0.2, 0.25) is 10.0 Å². The first kappa shape index (κ1) is 16.2. The van der Waals surface area contributed by atoms with Gasteiger partial charge in [-0.3, -0.25) is 0 Å². The number of benzene rings is 1. The quantitative estimate of drug-likeness (QED) is 0.581. The second-order valence-electron chi connectivity index (χ2n) is 5.11. The van der Waals surface area contributed by atoms with E-state index in [-0.39, 0.29) is 0 Å². The Morgan fingerprint density at radius 1 is 1.10 bits per heavy atom. The van der Waals surface area contributed by atoms with Gasteiger partial charge in [-0.05, 0) is 85.8 Å². The van der Waals surface area contributed by atoms with E-state index < -0.39 is 10.0 Å². The van der Waals surface area contributed by atoms with Crippen LogP contribution < -0.4 is 4.72 Å². The summed E-state index contributed by atoms with van der Waals surface area (Å²) in [6, 6.07) is 6.91. The van der Waals surface area contributed by atoms with Crippen LogP contribution in [0.15, 0.2) is 29.2 Å². The fraction of sp³-hybridized carbons (Fsp3) is 0.571. The van der Waals surface area contributed by atoms with Crippen molar-refractivity contribution in [3.63, 3.8) is 0 Å². The van der Waals surface area contributed by atoms with Gasteiger partial charge in [0.05, 0.1) is 4.90 Å². The molecule has 0 amide bonds. The third-order valence-electron chi connectivity index (χ3n) is 3.52. The van der Waals surface area contributed by atoms with Crippen LogP contribution in [0.3, 0.4) is 0 Å². The first-order valence-corrected chi connectivity index (χ1v) is 9.62. The molecule has 1 aliphatic heterocycles. The Bertz CT molecular complexity index is 510. The predicted molar refractivity (Wildman–Crippen MR) is 89.3 cm³/mol. The number of sulfonamides is 1. The molecule has 1 aromatic carbocycles. The van der Waals surface area contributed by atoms with Crippen LogP contribution in [-0.4, -0.2) is 39.5 Å². The monoisotopic (exact) mass is 408 g/mol. The molecule has 1 heterocycles. The molecule has 1 fully saturated rings. The summed E-state index contributed by atoms with van der Waals surface area (Å²) in [5, 5.41) is 0. The third kappa shape index (κ3) is 4.98. The highest BCUT2D eigenvalue weighted by Crippen LogP contribution is 2.12. The van der Waals surface area contributed by atoms with Crippen LogP contribution in [0.5, 0.6) is 0 Å². The first-order chi connectivity index (χ1) is 9.58. The first-order valence-electron chi connectivity index (χ1n) is 7.05. The Morgan fingerprint density at radius 3 is 2.40 bits per heavy atom. The molecule has 2 rings (SSSR count). The summed E-state index contributed by atoms with van der Waals surface area (Å²) < 4.78 is 27.8. The van der Waals surface area contributed by atoms with E-state index in [9.17, 15) is 8.42 Å². The van der Waals surface area contributed by atoms with Crippen LogP contribution in [0.25, 0.3) is 0 Å². The van der Waals surface area contributed by atoms with Crippen LogP contribution in [0.1, 0.15) is 25.7 Å². The molecule has 0 unspecified atom stereocenters. The number of piperidine rings is 1. The number of likely N-dealkylation sites (tertiary alicyclic amines) is 1. The van der Waals surface area contributed by atoms with Crippen molar-refractivity contribution in [3.05, 3.63) is 27.8 Å². The van der Waals surface area contributed by atoms with Gasteiger partial charge in [-0.2, -0.15) is 0 Å². The van der Waals surface area contributed by atoms with Gasteiger partial charge in [-0.1, -0.05) is 6.42 Å². The number of rotatable bonds is 6. The second kappa shape index (κ2) is 7.72. The Balaban J connectivity index is 1.76. The van der Waals surface area contributed by atoms with Gasteiger partial charge in [0, 0.05) is 10.1 Å². The van der Waals surface area contributed by atoms with Gasteiger partial charge in [0.1, 0.15) is 0 Å². The zero-order chi connectivity index (χ0) is 14.4. The predicted octanol–water partition coefficient (Wildman–Crippen LogP) is 2.45. The fourth-order valence-corrected chi connectivity index (χ4v) is 3.82. The van der Waals surface area contributed by atoms with E-state index in [1.165, 1.54) is 19.3 Å². The summed E-state index contributed by atoms with van der Waals surface area (Å²) in [6.45, 7) is 3.80. The van der Waals surface area contributed by atoms with Crippen molar-refractivity contribution >= 4 is 32.6 Å². The SMILES string of the molecule is O=S(=O)(NCCCN1CCCCC1)c1ccc(I)cc1. The molecule has 0 bridgehead atoms. The van der Waals surface area contributed by atoms with Gasteiger partial charge in [0.25, 0.3) is 0 Å². The van der Waals surface area contributed by atoms with E-state index in [0.717, 1.165) is 29.6 Å². The van der Waals surface area contributed by atoms with Crippen molar-refractivity contribution in [1.82, 2.24) is 9.62 Å². The molecule has 0 aromatic heterocycles. The van der Waals surface area contributed by atoms with E-state index >= 15 is 0 Å². The molecule has 112 valence electrons. The van der Waals surface area contributed by atoms with Crippen LogP contribution in [-0.2, 0) is 10.0 Å². The summed E-state index contributed by atoms with van der Waals surface area (Å²) in [5.41, 5.74) is 0. The number of halogens is 1. The highest BCUT2D eigenvalue weighted by atomic mass is 127. The van der Waals surface area contributed by atoms with Crippen LogP contribution >= 0.6 is 22.6 Å². The van der Waals surface area contributed by atoms with Gasteiger partial charge in [-0.15, -0.1) is 0 Å². The number of hydrogen-bond acceptors (Lipinski definition) is 3. The zero-order valence-electron chi connectivity index (χ0n) is 11.5. The summed E-state index contributed by atoms with van der Waals surface area (Å²) in [5.74, 6) is 0. The molecule has 1 aliphatic rings. The molecular weight excluding hydrogens is 387 g/mol. The average Bonchev–Trinajstić information content (AvgIpc) is 2.45. The van der Waals surface area contributed by atoms with Crippen LogP contribution in [0.2, 0.25) is 0 Å². The minimum Gasteiger partial charge on any atom is -0.303 e. The van der Waals surface area contributed by atoms with Gasteiger partial charge in [0.15, 0.2) is 0 Å². The molecular formula is C14H21IN2O2S. The second-order valence-corrected chi connectivity index (χ2v) is 8.12. The van der Waals surface area contributed by atoms with Gasteiger partial charge >= 0.3 is 0 Å². The zero-order valence-corrected chi connectivity index (χ0v) is 14.5. The van der Waals surface area contributed by atoms with Crippen molar-refractivity contribution in [2.75, 3.05) is 26.2 Å². The maximum absolute atomic E-state index is 12.1. The third-order valence-corrected chi connectivity index (χ3v) is 5.71. The van der Waals surface area contributed by atoms with E-state index in [4.69, 9.17) is 0 Å². The van der Waals surface area contributed by atoms with Crippen molar-refractivity contribution in [3.8, 4) is 0 Å². The van der Waals surface area contributed by atoms with Gasteiger partial charge in [-0.25, -0.2) is 13.1 Å². The van der Waals surface area contributed by atoms with E-state index in [0.29, 0.717) is 11.4 Å². The highest BCUT2D eigenvalue weighted by molar-refractivity contribution is 14.1. The standard InChI is InChI=1S/C14H21IN2O2S/c15-13-5-7-14(8-6-13)20(18,19)16-9-4-12-17-10-2-1-3-11-17/h5-8,16H,1-4,9-12H2. The summed E-state index contributed by atoms with van der Waals surface area (Å²) in [4.78, 5) is 2.76. The largest absolute Gasteiger partial charge is 0.303 e. The molecule has 0 atom stereocenters. The Kier molecular flexibility index (Phi) is 6.25. The molecule has 1 aromatic rings. The Hall–Kier alpha value is -0.180. The Morgan fingerprint density at radius 2 is 1.75 bits per heavy atom. The van der Waals surface area contributed by atoms with Crippen LogP contribution in [0.4, 0.5) is 0 Å². The number of nitrogens with one attached hydrogen (secondary N) is 1. The van der Waals surface area contributed by atoms with Crippen LogP contribution in [0, 0.1) is 3.57 Å². The minimum absolute atomic E-state index is 0.343. The molecule has 0 spiro atoms. The smallest absolute Gasteiger partial charge is 0.240 e. The van der Waals surface area contributed by atoms with Crippen molar-refractivity contribution in [2.24, 2.45) is 0 Å². The lowest BCUT2D eigenvalue weighted by Gasteiger charge is -2.26. The molecule has 20 heavy (non-hydrogen) atoms. The summed E-state index contributed by atoms with van der Waals surface area (Å²) >= 11 is 2.16. The molecule has 0 saturated carbocycles. The number of nitrogens with zero attached hydrogens (tertiary/aromatic N) is 1. The maximum Gasteiger partial charge on any atom is 0.240 e. The van der Waals surface area contributed by atoms with Crippen molar-refractivity contribution in [1.29, 1.82) is 0 Å². The van der Waals surface area contributed by atoms with E-state index in [1.54, 1.807) is 12.1 Å². The van der Waals surface area contributed by atoms with Crippen molar-refractivity contribution < 1.29 is 8.42 Å². The normalized spacial score (nSPS) is 17.2. The summed E-state index contributed by atoms with van der Waals surface area (Å²) in [7, 11) is -3.35. The van der Waals surface area contributed by atoms with Crippen molar-refractivity contribution in [2.45, 2.75) is 30.6 Å². The highest BCUT2D eigenvalue weighted by Gasteiger charge is 2.14. The summed E-state index contributed by atoms with van der Waals surface area (Å²) in [6.07, 6.45) is 4.74.